The Kier molecular flexibility index (Phi) is 3.33. The molecule has 0 spiro atoms. The highest BCUT2D eigenvalue weighted by Gasteiger charge is 2.30. The minimum absolute atomic E-state index is 0.0953. The number of ether oxygens (including phenoxy) is 1. The van der Waals surface area contributed by atoms with Crippen molar-refractivity contribution in [3.63, 3.8) is 0 Å². The van der Waals surface area contributed by atoms with Crippen LogP contribution in [-0.4, -0.2) is 25.2 Å². The summed E-state index contributed by atoms with van der Waals surface area (Å²) < 4.78 is 5.17. The third-order valence-corrected chi connectivity index (χ3v) is 3.22. The number of anilines is 1. The Morgan fingerprint density at radius 2 is 2.18 bits per heavy atom. The fraction of sp³-hybridized carbons (Fsp3) is 0.462. The SMILES string of the molecule is COC1CC(NC(=O)c2ccc(C)cc2N)C1. The molecule has 1 saturated carbocycles. The number of benzene rings is 1. The van der Waals surface area contributed by atoms with Gasteiger partial charge in [-0.1, -0.05) is 6.07 Å². The second-order valence-electron chi connectivity index (χ2n) is 4.59. The third kappa shape index (κ3) is 2.58. The summed E-state index contributed by atoms with van der Waals surface area (Å²) in [5.74, 6) is -0.0953. The lowest BCUT2D eigenvalue weighted by atomic mass is 9.89. The van der Waals surface area contributed by atoms with E-state index in [1.54, 1.807) is 13.2 Å². The van der Waals surface area contributed by atoms with Crippen LogP contribution in [0, 0.1) is 6.92 Å². The standard InChI is InChI=1S/C13H18N2O2/c1-8-3-4-11(12(14)5-8)13(16)15-9-6-10(7-9)17-2/h3-5,9-10H,6-7,14H2,1-2H3,(H,15,16). The fourth-order valence-electron chi connectivity index (χ4n) is 2.03. The molecule has 1 amide bonds. The molecule has 0 aliphatic heterocycles. The van der Waals surface area contributed by atoms with Gasteiger partial charge in [-0.3, -0.25) is 4.79 Å². The lowest BCUT2D eigenvalue weighted by Gasteiger charge is -2.34. The van der Waals surface area contributed by atoms with Gasteiger partial charge in [0, 0.05) is 18.8 Å². The number of nitrogen functional groups attached to an aromatic ring is 1. The van der Waals surface area contributed by atoms with Gasteiger partial charge in [0.1, 0.15) is 0 Å². The lowest BCUT2D eigenvalue weighted by Crippen LogP contribution is -2.47. The van der Waals surface area contributed by atoms with E-state index in [2.05, 4.69) is 5.32 Å². The van der Waals surface area contributed by atoms with E-state index in [1.807, 2.05) is 19.1 Å². The van der Waals surface area contributed by atoms with Gasteiger partial charge in [-0.2, -0.15) is 0 Å². The Labute approximate surface area is 101 Å². The monoisotopic (exact) mass is 234 g/mol. The lowest BCUT2D eigenvalue weighted by molar-refractivity contribution is 0.0176. The molecule has 1 aliphatic rings. The number of carbonyl (C=O) groups excluding carboxylic acids is 1. The molecule has 4 heteroatoms. The number of hydrogen-bond acceptors (Lipinski definition) is 3. The summed E-state index contributed by atoms with van der Waals surface area (Å²) in [5.41, 5.74) is 7.97. The Morgan fingerprint density at radius 3 is 2.76 bits per heavy atom. The molecule has 0 atom stereocenters. The molecule has 1 aromatic rings. The van der Waals surface area contributed by atoms with E-state index in [1.165, 1.54) is 0 Å². The highest BCUT2D eigenvalue weighted by atomic mass is 16.5. The van der Waals surface area contributed by atoms with Gasteiger partial charge in [0.05, 0.1) is 11.7 Å². The van der Waals surface area contributed by atoms with Gasteiger partial charge < -0.3 is 15.8 Å². The number of hydrogen-bond donors (Lipinski definition) is 2. The van der Waals surface area contributed by atoms with Gasteiger partial charge in [-0.15, -0.1) is 0 Å². The third-order valence-electron chi connectivity index (χ3n) is 3.22. The van der Waals surface area contributed by atoms with Gasteiger partial charge in [0.15, 0.2) is 0 Å². The normalized spacial score (nSPS) is 22.9. The zero-order valence-electron chi connectivity index (χ0n) is 10.2. The first-order valence-electron chi connectivity index (χ1n) is 5.80. The van der Waals surface area contributed by atoms with Crippen molar-refractivity contribution in [2.45, 2.75) is 31.9 Å². The van der Waals surface area contributed by atoms with E-state index in [0.29, 0.717) is 11.3 Å². The first-order chi connectivity index (χ1) is 8.10. The second-order valence-corrected chi connectivity index (χ2v) is 4.59. The Hall–Kier alpha value is -1.55. The van der Waals surface area contributed by atoms with E-state index in [4.69, 9.17) is 10.5 Å². The molecular weight excluding hydrogens is 216 g/mol. The van der Waals surface area contributed by atoms with Gasteiger partial charge in [-0.25, -0.2) is 0 Å². The maximum absolute atomic E-state index is 11.9. The molecule has 0 saturated heterocycles. The number of nitrogens with two attached hydrogens (primary N) is 1. The summed E-state index contributed by atoms with van der Waals surface area (Å²) in [4.78, 5) is 11.9. The number of methoxy groups -OCH3 is 1. The van der Waals surface area contributed by atoms with Gasteiger partial charge in [0.2, 0.25) is 0 Å². The summed E-state index contributed by atoms with van der Waals surface area (Å²) in [6.07, 6.45) is 2.05. The fourth-order valence-corrected chi connectivity index (χ4v) is 2.03. The molecule has 4 nitrogen and oxygen atoms in total. The summed E-state index contributed by atoms with van der Waals surface area (Å²) in [6, 6.07) is 5.69. The highest BCUT2D eigenvalue weighted by molar-refractivity contribution is 5.99. The molecule has 0 radical (unpaired) electrons. The second kappa shape index (κ2) is 4.75. The van der Waals surface area contributed by atoms with E-state index >= 15 is 0 Å². The van der Waals surface area contributed by atoms with Crippen LogP contribution in [0.5, 0.6) is 0 Å². The molecule has 1 fully saturated rings. The van der Waals surface area contributed by atoms with Crippen LogP contribution in [0.15, 0.2) is 18.2 Å². The molecular formula is C13H18N2O2. The molecule has 2 rings (SSSR count). The van der Waals surface area contributed by atoms with Crippen molar-refractivity contribution >= 4 is 11.6 Å². The van der Waals surface area contributed by atoms with E-state index < -0.39 is 0 Å². The predicted molar refractivity (Wildman–Crippen MR) is 66.9 cm³/mol. The number of nitrogens with one attached hydrogen (secondary N) is 1. The van der Waals surface area contributed by atoms with Crippen LogP contribution in [-0.2, 0) is 4.74 Å². The Bertz CT molecular complexity index is 425. The molecule has 0 aromatic heterocycles. The van der Waals surface area contributed by atoms with Crippen LogP contribution in [0.3, 0.4) is 0 Å². The quantitative estimate of drug-likeness (QED) is 0.779. The molecule has 0 heterocycles. The molecule has 17 heavy (non-hydrogen) atoms. The first kappa shape index (κ1) is 11.9. The summed E-state index contributed by atoms with van der Waals surface area (Å²) in [5, 5.41) is 2.96. The smallest absolute Gasteiger partial charge is 0.253 e. The molecule has 0 unspecified atom stereocenters. The van der Waals surface area contributed by atoms with E-state index in [9.17, 15) is 4.79 Å². The molecule has 1 aliphatic carbocycles. The molecule has 3 N–H and O–H groups in total. The summed E-state index contributed by atoms with van der Waals surface area (Å²) in [7, 11) is 1.70. The van der Waals surface area contributed by atoms with Crippen molar-refractivity contribution < 1.29 is 9.53 Å². The van der Waals surface area contributed by atoms with Crippen molar-refractivity contribution in [2.75, 3.05) is 12.8 Å². The van der Waals surface area contributed by atoms with Crippen LogP contribution in [0.2, 0.25) is 0 Å². The van der Waals surface area contributed by atoms with Gasteiger partial charge in [-0.05, 0) is 37.5 Å². The minimum Gasteiger partial charge on any atom is -0.398 e. The van der Waals surface area contributed by atoms with Crippen molar-refractivity contribution in [1.82, 2.24) is 5.32 Å². The minimum atomic E-state index is -0.0953. The topological polar surface area (TPSA) is 64.3 Å². The average Bonchev–Trinajstić information content (AvgIpc) is 2.22. The number of carbonyl (C=O) groups is 1. The molecule has 0 bridgehead atoms. The maximum Gasteiger partial charge on any atom is 0.253 e. The van der Waals surface area contributed by atoms with Crippen LogP contribution in [0.4, 0.5) is 5.69 Å². The van der Waals surface area contributed by atoms with Gasteiger partial charge >= 0.3 is 0 Å². The van der Waals surface area contributed by atoms with Gasteiger partial charge in [0.25, 0.3) is 5.91 Å². The van der Waals surface area contributed by atoms with E-state index in [-0.39, 0.29) is 18.1 Å². The van der Waals surface area contributed by atoms with Crippen LogP contribution < -0.4 is 11.1 Å². The average molecular weight is 234 g/mol. The maximum atomic E-state index is 11.9. The Morgan fingerprint density at radius 1 is 1.47 bits per heavy atom. The van der Waals surface area contributed by atoms with Crippen molar-refractivity contribution in [3.8, 4) is 0 Å². The zero-order chi connectivity index (χ0) is 12.4. The number of amides is 1. The van der Waals surface area contributed by atoms with Crippen LogP contribution >= 0.6 is 0 Å². The van der Waals surface area contributed by atoms with Crippen LogP contribution in [0.25, 0.3) is 0 Å². The molecule has 1 aromatic carbocycles. The van der Waals surface area contributed by atoms with Crippen molar-refractivity contribution in [1.29, 1.82) is 0 Å². The summed E-state index contributed by atoms with van der Waals surface area (Å²) >= 11 is 0. The molecule has 92 valence electrons. The van der Waals surface area contributed by atoms with E-state index in [0.717, 1.165) is 18.4 Å². The largest absolute Gasteiger partial charge is 0.398 e. The summed E-state index contributed by atoms with van der Waals surface area (Å²) in [6.45, 7) is 1.95. The Balaban J connectivity index is 1.96. The van der Waals surface area contributed by atoms with Crippen molar-refractivity contribution in [3.05, 3.63) is 29.3 Å². The zero-order valence-corrected chi connectivity index (χ0v) is 10.2. The predicted octanol–water partition coefficient (Wildman–Crippen LogP) is 1.48. The number of aryl methyl sites for hydroxylation is 1. The first-order valence-corrected chi connectivity index (χ1v) is 5.80. The van der Waals surface area contributed by atoms with Crippen molar-refractivity contribution in [2.24, 2.45) is 0 Å². The van der Waals surface area contributed by atoms with Crippen LogP contribution in [0.1, 0.15) is 28.8 Å². The highest BCUT2D eigenvalue weighted by Crippen LogP contribution is 2.23. The number of rotatable bonds is 3.